The molecule has 2 aromatic rings. The lowest BCUT2D eigenvalue weighted by Gasteiger charge is -2.30. The molecule has 1 atom stereocenters. The number of rotatable bonds is 10. The third-order valence-electron chi connectivity index (χ3n) is 4.88. The predicted octanol–water partition coefficient (Wildman–Crippen LogP) is 6.01. The molecular formula is C22H32BrClN2O2. The van der Waals surface area contributed by atoms with Crippen LogP contribution in [0.2, 0.25) is 0 Å². The van der Waals surface area contributed by atoms with Crippen LogP contribution in [0.25, 0.3) is 10.8 Å². The van der Waals surface area contributed by atoms with Gasteiger partial charge in [0.2, 0.25) is 0 Å². The average Bonchev–Trinajstić information content (AvgIpc) is 2.68. The van der Waals surface area contributed by atoms with E-state index in [-0.39, 0.29) is 24.5 Å². The van der Waals surface area contributed by atoms with E-state index in [9.17, 15) is 4.79 Å². The van der Waals surface area contributed by atoms with Gasteiger partial charge in [-0.1, -0.05) is 66.9 Å². The maximum Gasteiger partial charge on any atom is 0.256 e. The molecule has 2 aromatic carbocycles. The van der Waals surface area contributed by atoms with Crippen LogP contribution < -0.4 is 10.1 Å². The number of unbranched alkanes of at least 4 members (excludes halogenated alkanes) is 2. The smallest absolute Gasteiger partial charge is 0.256 e. The number of hydrogen-bond acceptors (Lipinski definition) is 3. The monoisotopic (exact) mass is 470 g/mol. The van der Waals surface area contributed by atoms with E-state index in [0.717, 1.165) is 54.0 Å². The highest BCUT2D eigenvalue weighted by Crippen LogP contribution is 2.35. The summed E-state index contributed by atoms with van der Waals surface area (Å²) in [7, 11) is 1.62. The Kier molecular flexibility index (Phi) is 10.9. The SMILES string of the molecule is CCCCN(CCCC)C(C)NC(=O)c1cc(Br)c2ccccc2c1OC.Cl. The van der Waals surface area contributed by atoms with Crippen LogP contribution in [0.3, 0.4) is 0 Å². The molecule has 0 aliphatic carbocycles. The Bertz CT molecular complexity index is 762. The van der Waals surface area contributed by atoms with Crippen LogP contribution in [0.1, 0.15) is 56.8 Å². The predicted molar refractivity (Wildman–Crippen MR) is 124 cm³/mol. The lowest BCUT2D eigenvalue weighted by Crippen LogP contribution is -2.47. The van der Waals surface area contributed by atoms with Gasteiger partial charge in [-0.25, -0.2) is 0 Å². The number of amides is 1. The summed E-state index contributed by atoms with van der Waals surface area (Å²) in [6.07, 6.45) is 4.54. The lowest BCUT2D eigenvalue weighted by atomic mass is 10.0. The number of carbonyl (C=O) groups excluding carboxylic acids is 1. The van der Waals surface area contributed by atoms with Gasteiger partial charge >= 0.3 is 0 Å². The normalized spacial score (nSPS) is 11.9. The summed E-state index contributed by atoms with van der Waals surface area (Å²) in [5.41, 5.74) is 0.556. The Morgan fingerprint density at radius 2 is 1.71 bits per heavy atom. The summed E-state index contributed by atoms with van der Waals surface area (Å²) in [4.78, 5) is 15.4. The van der Waals surface area contributed by atoms with E-state index in [2.05, 4.69) is 46.9 Å². The molecule has 1 unspecified atom stereocenters. The van der Waals surface area contributed by atoms with Crippen LogP contribution in [0.4, 0.5) is 0 Å². The number of ether oxygens (including phenoxy) is 1. The molecule has 1 N–H and O–H groups in total. The van der Waals surface area contributed by atoms with Gasteiger partial charge < -0.3 is 10.1 Å². The Labute approximate surface area is 183 Å². The highest BCUT2D eigenvalue weighted by atomic mass is 79.9. The Hall–Kier alpha value is -1.30. The van der Waals surface area contributed by atoms with Gasteiger partial charge in [-0.3, -0.25) is 9.69 Å². The van der Waals surface area contributed by atoms with Crippen molar-refractivity contribution in [1.29, 1.82) is 0 Å². The first-order chi connectivity index (χ1) is 13.0. The molecule has 0 saturated heterocycles. The van der Waals surface area contributed by atoms with Crippen LogP contribution in [0.5, 0.6) is 5.75 Å². The maximum absolute atomic E-state index is 13.0. The van der Waals surface area contributed by atoms with Crippen molar-refractivity contribution in [3.8, 4) is 5.75 Å². The quantitative estimate of drug-likeness (QED) is 0.431. The van der Waals surface area contributed by atoms with E-state index in [4.69, 9.17) is 4.74 Å². The summed E-state index contributed by atoms with van der Waals surface area (Å²) in [5, 5.41) is 5.13. The third-order valence-corrected chi connectivity index (χ3v) is 5.53. The molecule has 0 saturated carbocycles. The fourth-order valence-electron chi connectivity index (χ4n) is 3.27. The lowest BCUT2D eigenvalue weighted by molar-refractivity contribution is 0.0858. The fraction of sp³-hybridized carbons (Fsp3) is 0.500. The van der Waals surface area contributed by atoms with Gasteiger partial charge in [-0.15, -0.1) is 12.4 Å². The van der Waals surface area contributed by atoms with Gasteiger partial charge in [0, 0.05) is 22.9 Å². The number of methoxy groups -OCH3 is 1. The van der Waals surface area contributed by atoms with Crippen LogP contribution in [-0.2, 0) is 0 Å². The largest absolute Gasteiger partial charge is 0.495 e. The van der Waals surface area contributed by atoms with E-state index >= 15 is 0 Å². The summed E-state index contributed by atoms with van der Waals surface area (Å²) in [5.74, 6) is 0.510. The summed E-state index contributed by atoms with van der Waals surface area (Å²) >= 11 is 3.60. The molecule has 0 aliphatic heterocycles. The Morgan fingerprint density at radius 3 is 2.25 bits per heavy atom. The summed E-state index contributed by atoms with van der Waals surface area (Å²) in [6, 6.07) is 9.79. The summed E-state index contributed by atoms with van der Waals surface area (Å²) in [6.45, 7) is 8.44. The van der Waals surface area contributed by atoms with Crippen molar-refractivity contribution in [3.05, 3.63) is 40.4 Å². The molecule has 0 spiro atoms. The van der Waals surface area contributed by atoms with Crippen molar-refractivity contribution in [3.63, 3.8) is 0 Å². The number of halogens is 2. The second kappa shape index (κ2) is 12.3. The van der Waals surface area contributed by atoms with E-state index in [1.165, 1.54) is 0 Å². The van der Waals surface area contributed by atoms with E-state index < -0.39 is 0 Å². The number of benzene rings is 2. The summed E-state index contributed by atoms with van der Waals surface area (Å²) < 4.78 is 6.51. The first-order valence-corrected chi connectivity index (χ1v) is 10.6. The molecular weight excluding hydrogens is 440 g/mol. The van der Waals surface area contributed by atoms with Gasteiger partial charge in [0.15, 0.2) is 0 Å². The minimum Gasteiger partial charge on any atom is -0.495 e. The molecule has 156 valence electrons. The van der Waals surface area contributed by atoms with Gasteiger partial charge in [0.25, 0.3) is 5.91 Å². The third kappa shape index (κ3) is 6.10. The second-order valence-electron chi connectivity index (χ2n) is 6.88. The molecule has 2 rings (SSSR count). The number of nitrogens with zero attached hydrogens (tertiary/aromatic N) is 1. The number of carbonyl (C=O) groups is 1. The molecule has 4 nitrogen and oxygen atoms in total. The minimum absolute atomic E-state index is 0. The van der Waals surface area contributed by atoms with Gasteiger partial charge in [0.1, 0.15) is 5.75 Å². The zero-order valence-electron chi connectivity index (χ0n) is 17.3. The van der Waals surface area contributed by atoms with Crippen LogP contribution in [0, 0.1) is 0 Å². The molecule has 1 amide bonds. The number of fused-ring (bicyclic) bond motifs is 1. The minimum atomic E-state index is -0.108. The van der Waals surface area contributed by atoms with Gasteiger partial charge in [-0.05, 0) is 31.2 Å². The molecule has 0 radical (unpaired) electrons. The molecule has 0 aromatic heterocycles. The fourth-order valence-corrected chi connectivity index (χ4v) is 3.85. The maximum atomic E-state index is 13.0. The van der Waals surface area contributed by atoms with Gasteiger partial charge in [0.05, 0.1) is 18.8 Å². The zero-order chi connectivity index (χ0) is 19.8. The van der Waals surface area contributed by atoms with Crippen molar-refractivity contribution < 1.29 is 9.53 Å². The van der Waals surface area contributed by atoms with Crippen molar-refractivity contribution in [2.45, 2.75) is 52.6 Å². The van der Waals surface area contributed by atoms with Crippen molar-refractivity contribution in [2.24, 2.45) is 0 Å². The highest BCUT2D eigenvalue weighted by Gasteiger charge is 2.21. The van der Waals surface area contributed by atoms with Crippen molar-refractivity contribution in [2.75, 3.05) is 20.2 Å². The average molecular weight is 472 g/mol. The molecule has 0 fully saturated rings. The standard InChI is InChI=1S/C22H31BrN2O2.ClH/c1-5-7-13-25(14-8-6-2)16(3)24-22(26)19-15-20(23)17-11-9-10-12-18(17)21(19)27-4;/h9-12,15-16H,5-8,13-14H2,1-4H3,(H,24,26);1H. The first kappa shape index (κ1) is 24.7. The molecule has 0 aliphatic rings. The van der Waals surface area contributed by atoms with Gasteiger partial charge in [-0.2, -0.15) is 0 Å². The molecule has 6 heteroatoms. The van der Waals surface area contributed by atoms with Crippen LogP contribution >= 0.6 is 28.3 Å². The van der Waals surface area contributed by atoms with Crippen molar-refractivity contribution in [1.82, 2.24) is 10.2 Å². The number of nitrogens with one attached hydrogen (secondary N) is 1. The zero-order valence-corrected chi connectivity index (χ0v) is 19.7. The molecule has 28 heavy (non-hydrogen) atoms. The Balaban J connectivity index is 0.00000392. The van der Waals surface area contributed by atoms with E-state index in [1.54, 1.807) is 7.11 Å². The first-order valence-electron chi connectivity index (χ1n) is 9.83. The van der Waals surface area contributed by atoms with E-state index in [1.807, 2.05) is 30.3 Å². The second-order valence-corrected chi connectivity index (χ2v) is 7.73. The van der Waals surface area contributed by atoms with Crippen LogP contribution in [-0.4, -0.2) is 37.2 Å². The highest BCUT2D eigenvalue weighted by molar-refractivity contribution is 9.10. The number of hydrogen-bond donors (Lipinski definition) is 1. The van der Waals surface area contributed by atoms with E-state index in [0.29, 0.717) is 11.3 Å². The topological polar surface area (TPSA) is 41.6 Å². The van der Waals surface area contributed by atoms with Crippen molar-refractivity contribution >= 4 is 45.0 Å². The molecule has 0 bridgehead atoms. The Morgan fingerprint density at radius 1 is 1.14 bits per heavy atom. The van der Waals surface area contributed by atoms with Crippen LogP contribution in [0.15, 0.2) is 34.8 Å². The molecule has 0 heterocycles.